The lowest BCUT2D eigenvalue weighted by Crippen LogP contribution is -1.96. The largest absolute Gasteiger partial charge is 0.228 e. The molecule has 2 heterocycles. The molecule has 0 aliphatic rings. The normalized spacial score (nSPS) is 11.3. The zero-order valence-electron chi connectivity index (χ0n) is 29.9. The number of benzene rings is 8. The van der Waals surface area contributed by atoms with Gasteiger partial charge in [-0.15, -0.1) is 11.3 Å². The summed E-state index contributed by atoms with van der Waals surface area (Å²) in [5, 5.41) is 2.58. The Labute approximate surface area is 324 Å². The maximum atomic E-state index is 5.31. The van der Waals surface area contributed by atoms with Crippen LogP contribution in [0.2, 0.25) is 0 Å². The van der Waals surface area contributed by atoms with E-state index >= 15 is 0 Å². The molecule has 258 valence electrons. The molecule has 0 aliphatic carbocycles. The number of fused-ring (bicyclic) bond motifs is 3. The van der Waals surface area contributed by atoms with Crippen LogP contribution in [-0.2, 0) is 0 Å². The summed E-state index contributed by atoms with van der Waals surface area (Å²) in [6.07, 6.45) is 0. The van der Waals surface area contributed by atoms with Crippen LogP contribution in [0.4, 0.5) is 0 Å². The average Bonchev–Trinajstić information content (AvgIpc) is 3.65. The molecular weight excluding hydrogens is 685 g/mol. The summed E-state index contributed by atoms with van der Waals surface area (Å²) in [6, 6.07) is 73.5. The highest BCUT2D eigenvalue weighted by Gasteiger charge is 2.15. The van der Waals surface area contributed by atoms with Crippen molar-refractivity contribution in [2.75, 3.05) is 0 Å². The van der Waals surface area contributed by atoms with Crippen molar-refractivity contribution in [3.05, 3.63) is 206 Å². The van der Waals surface area contributed by atoms with E-state index < -0.39 is 0 Å². The van der Waals surface area contributed by atoms with Gasteiger partial charge in [0.25, 0.3) is 0 Å². The molecule has 0 atom stereocenters. The lowest BCUT2D eigenvalue weighted by molar-refractivity contribution is 1.18. The third kappa shape index (κ3) is 6.52. The van der Waals surface area contributed by atoms with Gasteiger partial charge in [-0.25, -0.2) is 9.97 Å². The predicted octanol–water partition coefficient (Wildman–Crippen LogP) is 14.5. The third-order valence-corrected chi connectivity index (χ3v) is 11.4. The first kappa shape index (κ1) is 32.7. The molecule has 2 aromatic heterocycles. The molecule has 3 heteroatoms. The van der Waals surface area contributed by atoms with Gasteiger partial charge in [0.2, 0.25) is 0 Å². The third-order valence-electron chi connectivity index (χ3n) is 10.3. The molecule has 0 radical (unpaired) electrons. The SMILES string of the molecule is c1ccc(-c2ccc(-c3nc(-c4ccccc4)cc(-c4cc(-c5cccc(-c6ccccc6)c5)cc(-c5ccc6sc7ccccc7c6c5)c4)n3)cc2)cc1. The monoisotopic (exact) mass is 718 g/mol. The lowest BCUT2D eigenvalue weighted by Gasteiger charge is -2.14. The fourth-order valence-corrected chi connectivity index (χ4v) is 8.53. The Morgan fingerprint density at radius 1 is 0.255 bits per heavy atom. The Balaban J connectivity index is 1.16. The number of aromatic nitrogens is 2. The summed E-state index contributed by atoms with van der Waals surface area (Å²) in [6.45, 7) is 0. The quantitative estimate of drug-likeness (QED) is 0.164. The molecule has 2 nitrogen and oxygen atoms in total. The summed E-state index contributed by atoms with van der Waals surface area (Å²) >= 11 is 1.85. The van der Waals surface area contributed by atoms with Crippen molar-refractivity contribution < 1.29 is 0 Å². The van der Waals surface area contributed by atoms with E-state index in [1.54, 1.807) is 0 Å². The highest BCUT2D eigenvalue weighted by atomic mass is 32.1. The van der Waals surface area contributed by atoms with Crippen LogP contribution in [-0.4, -0.2) is 9.97 Å². The Morgan fingerprint density at radius 3 is 1.38 bits per heavy atom. The molecule has 0 N–H and O–H groups in total. The van der Waals surface area contributed by atoms with Crippen LogP contribution < -0.4 is 0 Å². The molecule has 0 bridgehead atoms. The Morgan fingerprint density at radius 2 is 0.691 bits per heavy atom. The molecule has 8 aromatic carbocycles. The van der Waals surface area contributed by atoms with Crippen molar-refractivity contribution in [3.63, 3.8) is 0 Å². The molecular formula is C52H34N2S. The van der Waals surface area contributed by atoms with Crippen molar-refractivity contribution in [2.45, 2.75) is 0 Å². The molecule has 55 heavy (non-hydrogen) atoms. The van der Waals surface area contributed by atoms with Crippen LogP contribution in [0.3, 0.4) is 0 Å². The van der Waals surface area contributed by atoms with Gasteiger partial charge in [0.05, 0.1) is 11.4 Å². The number of hydrogen-bond donors (Lipinski definition) is 0. The number of thiophene rings is 1. The molecule has 0 saturated carbocycles. The van der Waals surface area contributed by atoms with Crippen LogP contribution >= 0.6 is 11.3 Å². The van der Waals surface area contributed by atoms with Gasteiger partial charge in [-0.2, -0.15) is 0 Å². The van der Waals surface area contributed by atoms with Gasteiger partial charge in [0, 0.05) is 36.9 Å². The molecule has 0 aliphatic heterocycles. The molecule has 0 saturated heterocycles. The molecule has 0 fully saturated rings. The first-order chi connectivity index (χ1) is 27.2. The van der Waals surface area contributed by atoms with E-state index in [0.29, 0.717) is 5.82 Å². The summed E-state index contributed by atoms with van der Waals surface area (Å²) in [5.41, 5.74) is 14.2. The van der Waals surface area contributed by atoms with Crippen molar-refractivity contribution in [1.82, 2.24) is 9.97 Å². The minimum atomic E-state index is 0.695. The first-order valence-electron chi connectivity index (χ1n) is 18.6. The summed E-state index contributed by atoms with van der Waals surface area (Å²) < 4.78 is 2.60. The van der Waals surface area contributed by atoms with Gasteiger partial charge in [-0.1, -0.05) is 158 Å². The van der Waals surface area contributed by atoms with E-state index in [4.69, 9.17) is 9.97 Å². The average molecular weight is 719 g/mol. The van der Waals surface area contributed by atoms with Gasteiger partial charge < -0.3 is 0 Å². The fraction of sp³-hybridized carbons (Fsp3) is 0. The van der Waals surface area contributed by atoms with Gasteiger partial charge in [0.15, 0.2) is 5.82 Å². The van der Waals surface area contributed by atoms with E-state index in [2.05, 4.69) is 194 Å². The fourth-order valence-electron chi connectivity index (χ4n) is 7.45. The minimum Gasteiger partial charge on any atom is -0.228 e. The van der Waals surface area contributed by atoms with Gasteiger partial charge >= 0.3 is 0 Å². The van der Waals surface area contributed by atoms with Crippen molar-refractivity contribution in [1.29, 1.82) is 0 Å². The summed E-state index contributed by atoms with van der Waals surface area (Å²) in [4.78, 5) is 10.5. The van der Waals surface area contributed by atoms with E-state index in [1.165, 1.54) is 42.4 Å². The molecule has 0 amide bonds. The van der Waals surface area contributed by atoms with E-state index in [-0.39, 0.29) is 0 Å². The standard InChI is InChI=1S/C52H34N2S/c1-4-13-35(14-5-1)37-23-25-39(26-24-37)52-53-48(38-17-8-3-9-18-38)34-49(54-52)45-31-43(41-20-12-19-40(29-41)36-15-6-2-7-16-36)30-44(32-45)42-27-28-51-47(33-42)46-21-10-11-22-50(46)55-51/h1-34H. The van der Waals surface area contributed by atoms with Crippen molar-refractivity contribution in [3.8, 4) is 78.4 Å². The molecule has 10 aromatic rings. The number of rotatable bonds is 7. The van der Waals surface area contributed by atoms with E-state index in [9.17, 15) is 0 Å². The Bertz CT molecular complexity index is 2950. The zero-order valence-corrected chi connectivity index (χ0v) is 30.7. The highest BCUT2D eigenvalue weighted by molar-refractivity contribution is 7.25. The summed E-state index contributed by atoms with van der Waals surface area (Å²) in [7, 11) is 0. The lowest BCUT2D eigenvalue weighted by atomic mass is 9.92. The summed E-state index contributed by atoms with van der Waals surface area (Å²) in [5.74, 6) is 0.695. The minimum absolute atomic E-state index is 0.695. The topological polar surface area (TPSA) is 25.8 Å². The van der Waals surface area contributed by atoms with Gasteiger partial charge in [-0.05, 0) is 93.0 Å². The Kier molecular flexibility index (Phi) is 8.40. The van der Waals surface area contributed by atoms with Gasteiger partial charge in [-0.3, -0.25) is 0 Å². The first-order valence-corrected chi connectivity index (χ1v) is 19.4. The van der Waals surface area contributed by atoms with Crippen LogP contribution in [0, 0.1) is 0 Å². The van der Waals surface area contributed by atoms with Crippen LogP contribution in [0.5, 0.6) is 0 Å². The molecule has 10 rings (SSSR count). The molecule has 0 unspecified atom stereocenters. The van der Waals surface area contributed by atoms with Crippen LogP contribution in [0.15, 0.2) is 206 Å². The number of nitrogens with zero attached hydrogens (tertiary/aromatic N) is 2. The zero-order chi connectivity index (χ0) is 36.6. The predicted molar refractivity (Wildman–Crippen MR) is 233 cm³/mol. The van der Waals surface area contributed by atoms with E-state index in [0.717, 1.165) is 50.3 Å². The van der Waals surface area contributed by atoms with E-state index in [1.807, 2.05) is 23.5 Å². The second kappa shape index (κ2) is 14.1. The Hall–Kier alpha value is -6.94. The van der Waals surface area contributed by atoms with Crippen LogP contribution in [0.25, 0.3) is 98.6 Å². The maximum absolute atomic E-state index is 5.31. The smallest absolute Gasteiger partial charge is 0.160 e. The maximum Gasteiger partial charge on any atom is 0.160 e. The second-order valence-electron chi connectivity index (χ2n) is 13.8. The number of hydrogen-bond acceptors (Lipinski definition) is 3. The van der Waals surface area contributed by atoms with Gasteiger partial charge in [0.1, 0.15) is 0 Å². The van der Waals surface area contributed by atoms with Crippen LogP contribution in [0.1, 0.15) is 0 Å². The van der Waals surface area contributed by atoms with Crippen molar-refractivity contribution in [2.24, 2.45) is 0 Å². The van der Waals surface area contributed by atoms with Crippen molar-refractivity contribution >= 4 is 31.5 Å². The second-order valence-corrected chi connectivity index (χ2v) is 14.9. The highest BCUT2D eigenvalue weighted by Crippen LogP contribution is 2.39. The molecule has 0 spiro atoms.